The van der Waals surface area contributed by atoms with Crippen molar-refractivity contribution in [3.05, 3.63) is 30.1 Å². The fourth-order valence-electron chi connectivity index (χ4n) is 1.77. The minimum atomic E-state index is -0.00538. The van der Waals surface area contributed by atoms with Crippen LogP contribution >= 0.6 is 0 Å². The van der Waals surface area contributed by atoms with Crippen LogP contribution in [0.4, 0.5) is 0 Å². The third kappa shape index (κ3) is 3.80. The first-order chi connectivity index (χ1) is 8.22. The molecule has 17 heavy (non-hydrogen) atoms. The molecular formula is C12H20N4O. The van der Waals surface area contributed by atoms with E-state index in [4.69, 9.17) is 5.73 Å². The molecule has 0 fully saturated rings. The zero-order chi connectivity index (χ0) is 12.7. The number of rotatable bonds is 6. The molecule has 1 heterocycles. The number of pyridine rings is 1. The molecule has 0 aliphatic rings. The monoisotopic (exact) mass is 236 g/mol. The van der Waals surface area contributed by atoms with E-state index in [0.29, 0.717) is 13.1 Å². The van der Waals surface area contributed by atoms with Gasteiger partial charge < -0.3 is 11.1 Å². The summed E-state index contributed by atoms with van der Waals surface area (Å²) in [5.74, 6) is -0.00538. The molecular weight excluding hydrogens is 216 g/mol. The molecule has 0 aromatic carbocycles. The van der Waals surface area contributed by atoms with Crippen molar-refractivity contribution in [2.45, 2.75) is 13.0 Å². The van der Waals surface area contributed by atoms with E-state index in [1.807, 2.05) is 24.0 Å². The number of likely N-dealkylation sites (N-methyl/N-ethyl adjacent to an activating group) is 2. The lowest BCUT2D eigenvalue weighted by Crippen LogP contribution is -2.40. The van der Waals surface area contributed by atoms with Gasteiger partial charge in [0.1, 0.15) is 0 Å². The summed E-state index contributed by atoms with van der Waals surface area (Å²) in [4.78, 5) is 17.5. The van der Waals surface area contributed by atoms with Crippen LogP contribution in [0.2, 0.25) is 0 Å². The molecule has 0 saturated carbocycles. The molecule has 1 atom stereocenters. The Hall–Kier alpha value is -1.46. The van der Waals surface area contributed by atoms with Crippen molar-refractivity contribution < 1.29 is 4.79 Å². The number of carbonyl (C=O) groups is 1. The third-order valence-corrected chi connectivity index (χ3v) is 2.76. The number of hydrogen-bond donors (Lipinski definition) is 2. The Morgan fingerprint density at radius 1 is 1.65 bits per heavy atom. The molecule has 0 aliphatic heterocycles. The Balaban J connectivity index is 2.80. The molecule has 1 amide bonds. The van der Waals surface area contributed by atoms with Crippen molar-refractivity contribution in [3.63, 3.8) is 0 Å². The maximum absolute atomic E-state index is 11.4. The van der Waals surface area contributed by atoms with E-state index in [1.165, 1.54) is 0 Å². The molecule has 94 valence electrons. The minimum absolute atomic E-state index is 0.00538. The average molecular weight is 236 g/mol. The van der Waals surface area contributed by atoms with Gasteiger partial charge in [-0.05, 0) is 18.2 Å². The van der Waals surface area contributed by atoms with Crippen LogP contribution in [0, 0.1) is 0 Å². The summed E-state index contributed by atoms with van der Waals surface area (Å²) in [6, 6.07) is 3.90. The van der Waals surface area contributed by atoms with Crippen LogP contribution in [0.15, 0.2) is 24.5 Å². The van der Waals surface area contributed by atoms with Gasteiger partial charge in [-0.15, -0.1) is 0 Å². The standard InChI is InChI=1S/C12H20N4O/c1-3-16(9-12(17)14-2)11(7-13)10-5-4-6-15-8-10/h4-6,8,11H,3,7,9,13H2,1-2H3,(H,14,17). The molecule has 0 radical (unpaired) electrons. The van der Waals surface area contributed by atoms with E-state index in [9.17, 15) is 4.79 Å². The first-order valence-corrected chi connectivity index (χ1v) is 5.77. The Bertz CT molecular complexity index is 342. The van der Waals surface area contributed by atoms with Crippen molar-refractivity contribution in [2.75, 3.05) is 26.7 Å². The Kier molecular flexibility index (Phi) is 5.59. The van der Waals surface area contributed by atoms with Crippen LogP contribution in [-0.4, -0.2) is 42.5 Å². The summed E-state index contributed by atoms with van der Waals surface area (Å²) in [5.41, 5.74) is 6.84. The van der Waals surface area contributed by atoms with Crippen LogP contribution in [0.5, 0.6) is 0 Å². The Morgan fingerprint density at radius 3 is 2.88 bits per heavy atom. The van der Waals surface area contributed by atoms with Gasteiger partial charge in [0, 0.05) is 32.0 Å². The zero-order valence-electron chi connectivity index (χ0n) is 10.4. The Morgan fingerprint density at radius 2 is 2.41 bits per heavy atom. The van der Waals surface area contributed by atoms with Crippen molar-refractivity contribution in [2.24, 2.45) is 5.73 Å². The highest BCUT2D eigenvalue weighted by molar-refractivity contribution is 5.77. The summed E-state index contributed by atoms with van der Waals surface area (Å²) in [7, 11) is 1.64. The number of aromatic nitrogens is 1. The molecule has 1 unspecified atom stereocenters. The predicted octanol–water partition coefficient (Wildman–Crippen LogP) is 0.149. The van der Waals surface area contributed by atoms with Gasteiger partial charge in [0.05, 0.1) is 6.54 Å². The van der Waals surface area contributed by atoms with Gasteiger partial charge in [0.2, 0.25) is 5.91 Å². The van der Waals surface area contributed by atoms with Gasteiger partial charge in [-0.2, -0.15) is 0 Å². The van der Waals surface area contributed by atoms with E-state index < -0.39 is 0 Å². The third-order valence-electron chi connectivity index (χ3n) is 2.76. The number of amides is 1. The predicted molar refractivity (Wildman–Crippen MR) is 67.3 cm³/mol. The van der Waals surface area contributed by atoms with E-state index in [-0.39, 0.29) is 11.9 Å². The lowest BCUT2D eigenvalue weighted by atomic mass is 10.1. The Labute approximate surface area is 102 Å². The van der Waals surface area contributed by atoms with Gasteiger partial charge in [-0.25, -0.2) is 0 Å². The molecule has 0 saturated heterocycles. The molecule has 1 aromatic rings. The fourth-order valence-corrected chi connectivity index (χ4v) is 1.77. The maximum atomic E-state index is 11.4. The SMILES string of the molecule is CCN(CC(=O)NC)C(CN)c1cccnc1. The highest BCUT2D eigenvalue weighted by Gasteiger charge is 2.19. The maximum Gasteiger partial charge on any atom is 0.233 e. The molecule has 0 spiro atoms. The smallest absolute Gasteiger partial charge is 0.233 e. The number of nitrogens with two attached hydrogens (primary N) is 1. The van der Waals surface area contributed by atoms with E-state index in [2.05, 4.69) is 10.3 Å². The first-order valence-electron chi connectivity index (χ1n) is 5.77. The number of nitrogens with zero attached hydrogens (tertiary/aromatic N) is 2. The van der Waals surface area contributed by atoms with Crippen molar-refractivity contribution in [3.8, 4) is 0 Å². The molecule has 1 aromatic heterocycles. The van der Waals surface area contributed by atoms with Crippen LogP contribution in [0.1, 0.15) is 18.5 Å². The normalized spacial score (nSPS) is 12.5. The second-order valence-electron chi connectivity index (χ2n) is 3.77. The number of nitrogens with one attached hydrogen (secondary N) is 1. The van der Waals surface area contributed by atoms with Crippen LogP contribution in [-0.2, 0) is 4.79 Å². The van der Waals surface area contributed by atoms with Crippen molar-refractivity contribution in [1.82, 2.24) is 15.2 Å². The zero-order valence-corrected chi connectivity index (χ0v) is 10.4. The fraction of sp³-hybridized carbons (Fsp3) is 0.500. The summed E-state index contributed by atoms with van der Waals surface area (Å²) >= 11 is 0. The summed E-state index contributed by atoms with van der Waals surface area (Å²) in [6.45, 7) is 3.60. The lowest BCUT2D eigenvalue weighted by molar-refractivity contribution is -0.122. The lowest BCUT2D eigenvalue weighted by Gasteiger charge is -2.29. The van der Waals surface area contributed by atoms with Gasteiger partial charge in [-0.1, -0.05) is 13.0 Å². The van der Waals surface area contributed by atoms with E-state index in [0.717, 1.165) is 12.1 Å². The molecule has 0 aliphatic carbocycles. The highest BCUT2D eigenvalue weighted by atomic mass is 16.1. The largest absolute Gasteiger partial charge is 0.358 e. The number of carbonyl (C=O) groups excluding carboxylic acids is 1. The quantitative estimate of drug-likeness (QED) is 0.737. The summed E-state index contributed by atoms with van der Waals surface area (Å²) < 4.78 is 0. The van der Waals surface area contributed by atoms with Crippen molar-refractivity contribution in [1.29, 1.82) is 0 Å². The highest BCUT2D eigenvalue weighted by Crippen LogP contribution is 2.17. The van der Waals surface area contributed by atoms with Crippen LogP contribution in [0.3, 0.4) is 0 Å². The second kappa shape index (κ2) is 6.98. The van der Waals surface area contributed by atoms with Gasteiger partial charge >= 0.3 is 0 Å². The van der Waals surface area contributed by atoms with Crippen LogP contribution < -0.4 is 11.1 Å². The number of hydrogen-bond acceptors (Lipinski definition) is 4. The average Bonchev–Trinajstić information content (AvgIpc) is 2.39. The topological polar surface area (TPSA) is 71.2 Å². The molecule has 5 nitrogen and oxygen atoms in total. The molecule has 5 heteroatoms. The summed E-state index contributed by atoms with van der Waals surface area (Å²) in [6.07, 6.45) is 3.52. The second-order valence-corrected chi connectivity index (χ2v) is 3.77. The van der Waals surface area contributed by atoms with E-state index >= 15 is 0 Å². The minimum Gasteiger partial charge on any atom is -0.358 e. The molecule has 0 bridgehead atoms. The molecule has 1 rings (SSSR count). The molecule has 3 N–H and O–H groups in total. The summed E-state index contributed by atoms with van der Waals surface area (Å²) in [5, 5.41) is 2.62. The van der Waals surface area contributed by atoms with E-state index in [1.54, 1.807) is 19.4 Å². The van der Waals surface area contributed by atoms with Crippen molar-refractivity contribution >= 4 is 5.91 Å². The van der Waals surface area contributed by atoms with Gasteiger partial charge in [-0.3, -0.25) is 14.7 Å². The van der Waals surface area contributed by atoms with Gasteiger partial charge in [0.15, 0.2) is 0 Å². The first kappa shape index (κ1) is 13.6. The van der Waals surface area contributed by atoms with Gasteiger partial charge in [0.25, 0.3) is 0 Å². The van der Waals surface area contributed by atoms with Crippen LogP contribution in [0.25, 0.3) is 0 Å².